The molecular weight excluding hydrogens is 452 g/mol. The molecule has 1 fully saturated rings. The number of carboxylic acid groups (broad SMARTS) is 1. The summed E-state index contributed by atoms with van der Waals surface area (Å²) in [7, 11) is 0. The topological polar surface area (TPSA) is 94.6 Å². The summed E-state index contributed by atoms with van der Waals surface area (Å²) in [6, 6.07) is 10.6. The number of hydrogen-bond donors (Lipinski definition) is 3. The first-order valence-corrected chi connectivity index (χ1v) is 12.6. The van der Waals surface area contributed by atoms with Gasteiger partial charge in [-0.1, -0.05) is 35.9 Å². The third kappa shape index (κ3) is 6.70. The van der Waals surface area contributed by atoms with E-state index in [1.54, 1.807) is 18.2 Å². The van der Waals surface area contributed by atoms with E-state index in [0.29, 0.717) is 29.5 Å². The molecule has 0 radical (unpaired) electrons. The van der Waals surface area contributed by atoms with Crippen molar-refractivity contribution in [1.29, 1.82) is 0 Å². The van der Waals surface area contributed by atoms with Crippen molar-refractivity contribution >= 4 is 29.3 Å². The molecule has 3 heterocycles. The van der Waals surface area contributed by atoms with Gasteiger partial charge < -0.3 is 20.6 Å². The molecule has 7 nitrogen and oxygen atoms in total. The summed E-state index contributed by atoms with van der Waals surface area (Å²) in [6.07, 6.45) is 5.88. The number of benzene rings is 1. The number of halogens is 1. The molecule has 2 aliphatic heterocycles. The van der Waals surface area contributed by atoms with Crippen LogP contribution in [0.15, 0.2) is 36.4 Å². The second-order valence-electron chi connectivity index (χ2n) is 9.35. The second kappa shape index (κ2) is 11.7. The number of nitrogens with one attached hydrogen (secondary N) is 2. The van der Waals surface area contributed by atoms with Gasteiger partial charge in [0, 0.05) is 30.4 Å². The highest BCUT2D eigenvalue weighted by Gasteiger charge is 2.26. The lowest BCUT2D eigenvalue weighted by atomic mass is 10.00. The SMILES string of the molecule is O=C(Cc1ccccc1Cl)NC(CCN1CCC(CCc2ccc3c(n2)NCCC3)C1)C(=O)O. The smallest absolute Gasteiger partial charge is 0.326 e. The van der Waals surface area contributed by atoms with Gasteiger partial charge in [-0.25, -0.2) is 9.78 Å². The molecule has 2 unspecified atom stereocenters. The van der Waals surface area contributed by atoms with Crippen LogP contribution in [0.5, 0.6) is 0 Å². The highest BCUT2D eigenvalue weighted by molar-refractivity contribution is 6.31. The molecule has 2 aromatic rings. The third-order valence-electron chi connectivity index (χ3n) is 6.81. The number of hydrogen-bond acceptors (Lipinski definition) is 5. The van der Waals surface area contributed by atoms with Gasteiger partial charge in [0.05, 0.1) is 6.42 Å². The van der Waals surface area contributed by atoms with Crippen LogP contribution < -0.4 is 10.6 Å². The van der Waals surface area contributed by atoms with Gasteiger partial charge in [0.15, 0.2) is 0 Å². The Morgan fingerprint density at radius 2 is 2.12 bits per heavy atom. The zero-order valence-corrected chi connectivity index (χ0v) is 20.2. The van der Waals surface area contributed by atoms with E-state index in [1.807, 2.05) is 6.07 Å². The number of carbonyl (C=O) groups is 2. The van der Waals surface area contributed by atoms with Crippen LogP contribution in [0.25, 0.3) is 0 Å². The first-order chi connectivity index (χ1) is 16.5. The Balaban J connectivity index is 1.20. The van der Waals surface area contributed by atoms with E-state index >= 15 is 0 Å². The molecule has 3 N–H and O–H groups in total. The van der Waals surface area contributed by atoms with Gasteiger partial charge in [0.25, 0.3) is 0 Å². The number of aliphatic carboxylic acids is 1. The number of carbonyl (C=O) groups excluding carboxylic acids is 1. The van der Waals surface area contributed by atoms with E-state index in [1.165, 1.54) is 12.0 Å². The van der Waals surface area contributed by atoms with Crippen molar-refractivity contribution in [3.63, 3.8) is 0 Å². The fourth-order valence-electron chi connectivity index (χ4n) is 4.84. The average molecular weight is 485 g/mol. The van der Waals surface area contributed by atoms with Gasteiger partial charge in [-0.05, 0) is 74.2 Å². The molecule has 2 atom stereocenters. The predicted octanol–water partition coefficient (Wildman–Crippen LogP) is 3.55. The summed E-state index contributed by atoms with van der Waals surface area (Å²) in [6.45, 7) is 3.58. The van der Waals surface area contributed by atoms with Crippen molar-refractivity contribution in [2.45, 2.75) is 51.0 Å². The molecule has 4 rings (SSSR count). The number of carboxylic acids is 1. The van der Waals surface area contributed by atoms with E-state index in [-0.39, 0.29) is 12.3 Å². The number of amides is 1. The van der Waals surface area contributed by atoms with Crippen molar-refractivity contribution in [3.8, 4) is 0 Å². The number of anilines is 1. The van der Waals surface area contributed by atoms with Gasteiger partial charge in [0.2, 0.25) is 5.91 Å². The zero-order valence-electron chi connectivity index (χ0n) is 19.4. The van der Waals surface area contributed by atoms with Crippen LogP contribution in [0.1, 0.15) is 42.5 Å². The Labute approximate surface area is 205 Å². The van der Waals surface area contributed by atoms with Crippen molar-refractivity contribution < 1.29 is 14.7 Å². The number of aryl methyl sites for hydroxylation is 2. The summed E-state index contributed by atoms with van der Waals surface area (Å²) < 4.78 is 0. The first kappa shape index (κ1) is 24.5. The van der Waals surface area contributed by atoms with Crippen LogP contribution in [-0.2, 0) is 28.9 Å². The monoisotopic (exact) mass is 484 g/mol. The Morgan fingerprint density at radius 1 is 1.26 bits per heavy atom. The third-order valence-corrected chi connectivity index (χ3v) is 7.18. The number of likely N-dealkylation sites (tertiary alicyclic amines) is 1. The fraction of sp³-hybridized carbons (Fsp3) is 0.500. The highest BCUT2D eigenvalue weighted by atomic mass is 35.5. The number of pyridine rings is 1. The number of fused-ring (bicyclic) bond motifs is 1. The van der Waals surface area contributed by atoms with Crippen LogP contribution in [0.2, 0.25) is 5.02 Å². The Bertz CT molecular complexity index is 1020. The van der Waals surface area contributed by atoms with Crippen LogP contribution in [0.4, 0.5) is 5.82 Å². The minimum absolute atomic E-state index is 0.0709. The van der Waals surface area contributed by atoms with Crippen molar-refractivity contribution in [2.24, 2.45) is 5.92 Å². The molecule has 0 bridgehead atoms. The van der Waals surface area contributed by atoms with E-state index in [2.05, 4.69) is 27.7 Å². The molecule has 1 saturated heterocycles. The van der Waals surface area contributed by atoms with E-state index in [0.717, 1.165) is 56.8 Å². The van der Waals surface area contributed by atoms with Crippen LogP contribution in [0, 0.1) is 5.92 Å². The maximum Gasteiger partial charge on any atom is 0.326 e. The number of aromatic nitrogens is 1. The van der Waals surface area contributed by atoms with E-state index in [9.17, 15) is 14.7 Å². The molecule has 8 heteroatoms. The largest absolute Gasteiger partial charge is 0.480 e. The van der Waals surface area contributed by atoms with Gasteiger partial charge in [0.1, 0.15) is 11.9 Å². The fourth-order valence-corrected chi connectivity index (χ4v) is 5.04. The van der Waals surface area contributed by atoms with Crippen molar-refractivity contribution in [1.82, 2.24) is 15.2 Å². The molecule has 1 aromatic carbocycles. The van der Waals surface area contributed by atoms with E-state index < -0.39 is 12.0 Å². The van der Waals surface area contributed by atoms with Gasteiger partial charge in [-0.15, -0.1) is 0 Å². The summed E-state index contributed by atoms with van der Waals surface area (Å²) >= 11 is 6.11. The lowest BCUT2D eigenvalue weighted by Crippen LogP contribution is -2.43. The standard InChI is InChI=1S/C26H33ClN4O3/c27-22-6-2-1-4-20(22)16-24(32)30-23(26(33)34)12-15-31-14-11-18(17-31)7-9-21-10-8-19-5-3-13-28-25(19)29-21/h1-2,4,6,8,10,18,23H,3,5,7,9,11-17H2,(H,28,29)(H,30,32)(H,33,34). The molecule has 2 aliphatic rings. The Hall–Kier alpha value is -2.64. The van der Waals surface area contributed by atoms with Gasteiger partial charge in [-0.3, -0.25) is 4.79 Å². The normalized spacial score (nSPS) is 18.7. The van der Waals surface area contributed by atoms with Gasteiger partial charge in [-0.2, -0.15) is 0 Å². The quantitative estimate of drug-likeness (QED) is 0.477. The molecule has 1 amide bonds. The molecule has 182 valence electrons. The maximum atomic E-state index is 12.4. The minimum atomic E-state index is -1.00. The molecule has 34 heavy (non-hydrogen) atoms. The molecule has 0 spiro atoms. The molecule has 0 aliphatic carbocycles. The Kier molecular flexibility index (Phi) is 8.40. The lowest BCUT2D eigenvalue weighted by Gasteiger charge is -2.20. The van der Waals surface area contributed by atoms with Crippen LogP contribution >= 0.6 is 11.6 Å². The van der Waals surface area contributed by atoms with Crippen LogP contribution in [0.3, 0.4) is 0 Å². The molecule has 1 aromatic heterocycles. The lowest BCUT2D eigenvalue weighted by molar-refractivity contribution is -0.142. The molecular formula is C26H33ClN4O3. The highest BCUT2D eigenvalue weighted by Crippen LogP contribution is 2.24. The predicted molar refractivity (Wildman–Crippen MR) is 133 cm³/mol. The van der Waals surface area contributed by atoms with E-state index in [4.69, 9.17) is 16.6 Å². The summed E-state index contributed by atoms with van der Waals surface area (Å²) in [4.78, 5) is 31.2. The number of nitrogens with zero attached hydrogens (tertiary/aromatic N) is 2. The van der Waals surface area contributed by atoms with Gasteiger partial charge >= 0.3 is 5.97 Å². The minimum Gasteiger partial charge on any atom is -0.480 e. The molecule has 0 saturated carbocycles. The summed E-state index contributed by atoms with van der Waals surface area (Å²) in [5.41, 5.74) is 3.14. The Morgan fingerprint density at radius 3 is 2.94 bits per heavy atom. The maximum absolute atomic E-state index is 12.4. The van der Waals surface area contributed by atoms with Crippen molar-refractivity contribution in [3.05, 3.63) is 58.2 Å². The second-order valence-corrected chi connectivity index (χ2v) is 9.76. The summed E-state index contributed by atoms with van der Waals surface area (Å²) in [5.74, 6) is 0.305. The van der Waals surface area contributed by atoms with Crippen molar-refractivity contribution in [2.75, 3.05) is 31.5 Å². The average Bonchev–Trinajstić information content (AvgIpc) is 3.29. The number of rotatable bonds is 10. The first-order valence-electron chi connectivity index (χ1n) is 12.2. The summed E-state index contributed by atoms with van der Waals surface area (Å²) in [5, 5.41) is 16.2. The zero-order chi connectivity index (χ0) is 23.9. The van der Waals surface area contributed by atoms with Crippen LogP contribution in [-0.4, -0.2) is 59.1 Å².